The molecular formula is C21H25N3S. The smallest absolute Gasteiger partial charge is 0.159 e. The monoisotopic (exact) mass is 351 g/mol. The van der Waals surface area contributed by atoms with Gasteiger partial charge in [-0.3, -0.25) is 0 Å². The summed E-state index contributed by atoms with van der Waals surface area (Å²) in [5.74, 6) is 2.39. The summed E-state index contributed by atoms with van der Waals surface area (Å²) in [4.78, 5) is 12.6. The maximum atomic E-state index is 4.59. The van der Waals surface area contributed by atoms with Crippen molar-refractivity contribution in [1.82, 2.24) is 9.97 Å². The Morgan fingerprint density at radius 1 is 1.08 bits per heavy atom. The molecule has 0 radical (unpaired) electrons. The van der Waals surface area contributed by atoms with Gasteiger partial charge in [-0.1, -0.05) is 50.5 Å². The number of aromatic nitrogens is 2. The van der Waals surface area contributed by atoms with Crippen molar-refractivity contribution < 1.29 is 0 Å². The van der Waals surface area contributed by atoms with Crippen molar-refractivity contribution in [3.05, 3.63) is 42.2 Å². The molecule has 1 aliphatic carbocycles. The Balaban J connectivity index is 1.61. The van der Waals surface area contributed by atoms with Gasteiger partial charge < -0.3 is 0 Å². The molecule has 25 heavy (non-hydrogen) atoms. The topological polar surface area (TPSA) is 38.1 Å². The van der Waals surface area contributed by atoms with E-state index in [-0.39, 0.29) is 0 Å². The van der Waals surface area contributed by atoms with Crippen LogP contribution in [0.15, 0.2) is 41.7 Å². The van der Waals surface area contributed by atoms with Gasteiger partial charge in [-0.05, 0) is 55.3 Å². The van der Waals surface area contributed by atoms with Gasteiger partial charge in [-0.2, -0.15) is 4.99 Å². The lowest BCUT2D eigenvalue weighted by Crippen LogP contribution is -2.13. The number of hydrogen-bond acceptors (Lipinski definition) is 4. The molecule has 0 saturated heterocycles. The van der Waals surface area contributed by atoms with E-state index in [1.165, 1.54) is 50.5 Å². The van der Waals surface area contributed by atoms with Crippen LogP contribution in [0.1, 0.15) is 63.4 Å². The van der Waals surface area contributed by atoms with Crippen LogP contribution in [-0.4, -0.2) is 15.1 Å². The van der Waals surface area contributed by atoms with Gasteiger partial charge in [0.2, 0.25) is 0 Å². The zero-order valence-corrected chi connectivity index (χ0v) is 15.6. The van der Waals surface area contributed by atoms with Crippen molar-refractivity contribution in [1.29, 1.82) is 0 Å². The number of benzene rings is 1. The first-order valence-corrected chi connectivity index (χ1v) is 9.71. The summed E-state index contributed by atoms with van der Waals surface area (Å²) < 4.78 is 0. The molecule has 130 valence electrons. The van der Waals surface area contributed by atoms with Crippen molar-refractivity contribution in [2.75, 3.05) is 0 Å². The minimum absolute atomic E-state index is 0.634. The Bertz CT molecular complexity index is 710. The molecule has 0 N–H and O–H groups in total. The third-order valence-corrected chi connectivity index (χ3v) is 5.36. The van der Waals surface area contributed by atoms with Gasteiger partial charge >= 0.3 is 0 Å². The average Bonchev–Trinajstić information content (AvgIpc) is 2.68. The summed E-state index contributed by atoms with van der Waals surface area (Å²) in [6, 6.07) is 8.77. The lowest BCUT2D eigenvalue weighted by Gasteiger charge is -2.28. The number of nitrogens with zero attached hydrogens (tertiary/aromatic N) is 3. The standard InChI is InChI=1S/C21H25N3S/c1-2-3-4-16-5-7-17(8-6-16)18-9-11-19(12-10-18)21-22-13-20(14-23-21)24-15-25/h9-14,16-17H,2-8H2,1H3. The summed E-state index contributed by atoms with van der Waals surface area (Å²) in [6.07, 6.45) is 12.9. The number of thiocarbonyl (C=S) groups is 1. The first kappa shape index (κ1) is 17.9. The predicted octanol–water partition coefficient (Wildman–Crippen LogP) is 6.34. The molecule has 1 aliphatic rings. The maximum Gasteiger partial charge on any atom is 0.159 e. The van der Waals surface area contributed by atoms with E-state index in [1.54, 1.807) is 12.4 Å². The first-order chi connectivity index (χ1) is 12.3. The lowest BCUT2D eigenvalue weighted by atomic mass is 9.77. The normalized spacial score (nSPS) is 20.0. The molecule has 0 aliphatic heterocycles. The van der Waals surface area contributed by atoms with Crippen LogP contribution >= 0.6 is 12.2 Å². The summed E-state index contributed by atoms with van der Waals surface area (Å²) in [5.41, 5.74) is 3.13. The van der Waals surface area contributed by atoms with E-state index in [0.29, 0.717) is 11.6 Å². The maximum absolute atomic E-state index is 4.59. The lowest BCUT2D eigenvalue weighted by molar-refractivity contribution is 0.304. The first-order valence-electron chi connectivity index (χ1n) is 9.30. The van der Waals surface area contributed by atoms with Crippen molar-refractivity contribution in [3.63, 3.8) is 0 Å². The van der Waals surface area contributed by atoms with E-state index < -0.39 is 0 Å². The van der Waals surface area contributed by atoms with Crippen LogP contribution in [0.2, 0.25) is 0 Å². The Kier molecular flexibility index (Phi) is 6.43. The van der Waals surface area contributed by atoms with E-state index in [0.717, 1.165) is 17.3 Å². The molecule has 1 aromatic carbocycles. The highest BCUT2D eigenvalue weighted by Gasteiger charge is 2.21. The summed E-state index contributed by atoms with van der Waals surface area (Å²) in [5, 5.41) is 2.33. The number of rotatable bonds is 6. The van der Waals surface area contributed by atoms with Gasteiger partial charge in [0.05, 0.1) is 17.6 Å². The summed E-state index contributed by atoms with van der Waals surface area (Å²) >= 11 is 4.59. The molecule has 1 aromatic heterocycles. The SMILES string of the molecule is CCCCC1CCC(c2ccc(-c3ncc(N=C=S)cn3)cc2)CC1. The Labute approximate surface area is 155 Å². The molecule has 1 fully saturated rings. The number of unbranched alkanes of at least 4 members (excludes halogenated alkanes) is 1. The van der Waals surface area contributed by atoms with E-state index in [2.05, 4.69) is 63.5 Å². The van der Waals surface area contributed by atoms with Gasteiger partial charge in [0, 0.05) is 5.56 Å². The zero-order valence-electron chi connectivity index (χ0n) is 14.8. The van der Waals surface area contributed by atoms with Crippen LogP contribution in [0.5, 0.6) is 0 Å². The second kappa shape index (κ2) is 8.98. The summed E-state index contributed by atoms with van der Waals surface area (Å²) in [7, 11) is 0. The van der Waals surface area contributed by atoms with Gasteiger partial charge in [-0.15, -0.1) is 0 Å². The molecule has 0 spiro atoms. The molecule has 3 rings (SSSR count). The number of hydrogen-bond donors (Lipinski definition) is 0. The largest absolute Gasteiger partial charge is 0.234 e. The van der Waals surface area contributed by atoms with Crippen molar-refractivity contribution >= 4 is 23.1 Å². The van der Waals surface area contributed by atoms with E-state index in [1.807, 2.05) is 0 Å². The second-order valence-electron chi connectivity index (χ2n) is 6.95. The van der Waals surface area contributed by atoms with Crippen LogP contribution in [0.25, 0.3) is 11.4 Å². The fourth-order valence-corrected chi connectivity index (χ4v) is 3.87. The molecule has 1 heterocycles. The van der Waals surface area contributed by atoms with Crippen molar-refractivity contribution in [3.8, 4) is 11.4 Å². The summed E-state index contributed by atoms with van der Waals surface area (Å²) in [6.45, 7) is 2.29. The Morgan fingerprint density at radius 3 is 2.36 bits per heavy atom. The minimum Gasteiger partial charge on any atom is -0.234 e. The molecule has 1 saturated carbocycles. The number of isothiocyanates is 1. The van der Waals surface area contributed by atoms with Crippen LogP contribution in [0, 0.1) is 5.92 Å². The molecule has 0 unspecified atom stereocenters. The average molecular weight is 352 g/mol. The minimum atomic E-state index is 0.634. The second-order valence-corrected chi connectivity index (χ2v) is 7.13. The third kappa shape index (κ3) is 4.81. The van der Waals surface area contributed by atoms with Crippen LogP contribution < -0.4 is 0 Å². The molecule has 2 aromatic rings. The Morgan fingerprint density at radius 2 is 1.76 bits per heavy atom. The van der Waals surface area contributed by atoms with E-state index in [4.69, 9.17) is 0 Å². The van der Waals surface area contributed by atoms with E-state index in [9.17, 15) is 0 Å². The van der Waals surface area contributed by atoms with Gasteiger partial charge in [-0.25, -0.2) is 9.97 Å². The quantitative estimate of drug-likeness (QED) is 0.450. The highest BCUT2D eigenvalue weighted by molar-refractivity contribution is 7.78. The fourth-order valence-electron chi connectivity index (χ4n) is 3.76. The van der Waals surface area contributed by atoms with Crippen LogP contribution in [-0.2, 0) is 0 Å². The van der Waals surface area contributed by atoms with Gasteiger partial charge in [0.1, 0.15) is 5.69 Å². The van der Waals surface area contributed by atoms with Crippen molar-refractivity contribution in [2.24, 2.45) is 10.9 Å². The third-order valence-electron chi connectivity index (χ3n) is 5.27. The molecule has 0 amide bonds. The molecule has 0 atom stereocenters. The van der Waals surface area contributed by atoms with Gasteiger partial charge in [0.25, 0.3) is 0 Å². The highest BCUT2D eigenvalue weighted by Crippen LogP contribution is 2.38. The highest BCUT2D eigenvalue weighted by atomic mass is 32.1. The van der Waals surface area contributed by atoms with Crippen LogP contribution in [0.3, 0.4) is 0 Å². The van der Waals surface area contributed by atoms with Gasteiger partial charge in [0.15, 0.2) is 5.82 Å². The Hall–Kier alpha value is -1.90. The molecule has 4 heteroatoms. The predicted molar refractivity (Wildman–Crippen MR) is 106 cm³/mol. The number of aliphatic imine (C=N–C) groups is 1. The van der Waals surface area contributed by atoms with Crippen LogP contribution in [0.4, 0.5) is 5.69 Å². The zero-order chi connectivity index (χ0) is 17.5. The molecule has 0 bridgehead atoms. The van der Waals surface area contributed by atoms with E-state index >= 15 is 0 Å². The molecular weight excluding hydrogens is 326 g/mol. The fraction of sp³-hybridized carbons (Fsp3) is 0.476. The molecule has 3 nitrogen and oxygen atoms in total. The van der Waals surface area contributed by atoms with Crippen molar-refractivity contribution in [2.45, 2.75) is 57.8 Å².